The quantitative estimate of drug-likeness (QED) is 0.783. The third-order valence-corrected chi connectivity index (χ3v) is 3.05. The summed E-state index contributed by atoms with van der Waals surface area (Å²) in [6.45, 7) is 4.26. The minimum atomic E-state index is 0.317. The molecule has 0 spiro atoms. The van der Waals surface area contributed by atoms with Crippen LogP contribution in [0, 0.1) is 0 Å². The van der Waals surface area contributed by atoms with Gasteiger partial charge in [0.2, 0.25) is 0 Å². The molecule has 0 unspecified atom stereocenters. The zero-order valence-electron chi connectivity index (χ0n) is 9.13. The lowest BCUT2D eigenvalue weighted by atomic mass is 10.0. The molecule has 1 aromatic rings. The molecule has 82 valence electrons. The van der Waals surface area contributed by atoms with Crippen LogP contribution in [0.5, 0.6) is 0 Å². The standard InChI is InChI=1S/C11H18N4/c1-9(11-7-13-4-5-14-11)15-6-2-3-10(12)8-15/h4-5,7,9-10H,2-3,6,8,12H2,1H3/t9-,10+/m1/s1. The van der Waals surface area contributed by atoms with Crippen LogP contribution in [0.1, 0.15) is 31.5 Å². The Hall–Kier alpha value is -1.00. The van der Waals surface area contributed by atoms with Crippen LogP contribution in [0.4, 0.5) is 0 Å². The highest BCUT2D eigenvalue weighted by Gasteiger charge is 2.22. The maximum absolute atomic E-state index is 5.96. The van der Waals surface area contributed by atoms with Crippen molar-refractivity contribution in [2.24, 2.45) is 5.73 Å². The van der Waals surface area contributed by atoms with Crippen molar-refractivity contribution in [2.75, 3.05) is 13.1 Å². The molecule has 0 saturated carbocycles. The highest BCUT2D eigenvalue weighted by Crippen LogP contribution is 2.21. The Bertz CT molecular complexity index is 301. The van der Waals surface area contributed by atoms with Gasteiger partial charge in [0.15, 0.2) is 0 Å². The summed E-state index contributed by atoms with van der Waals surface area (Å²) in [7, 11) is 0. The molecule has 4 nitrogen and oxygen atoms in total. The van der Waals surface area contributed by atoms with Crippen molar-refractivity contribution in [3.8, 4) is 0 Å². The first-order chi connectivity index (χ1) is 7.27. The number of nitrogens with zero attached hydrogens (tertiary/aromatic N) is 3. The molecule has 0 aliphatic carbocycles. The van der Waals surface area contributed by atoms with E-state index in [1.807, 2.05) is 6.20 Å². The number of likely N-dealkylation sites (tertiary alicyclic amines) is 1. The molecule has 0 bridgehead atoms. The molecule has 15 heavy (non-hydrogen) atoms. The molecule has 4 heteroatoms. The average Bonchev–Trinajstić information content (AvgIpc) is 2.29. The molecule has 1 aliphatic rings. The molecule has 1 fully saturated rings. The topological polar surface area (TPSA) is 55.0 Å². The molecule has 2 rings (SSSR count). The van der Waals surface area contributed by atoms with E-state index in [-0.39, 0.29) is 0 Å². The zero-order chi connectivity index (χ0) is 10.7. The minimum absolute atomic E-state index is 0.317. The summed E-state index contributed by atoms with van der Waals surface area (Å²) in [6, 6.07) is 0.642. The number of aromatic nitrogens is 2. The van der Waals surface area contributed by atoms with Gasteiger partial charge in [-0.15, -0.1) is 0 Å². The maximum atomic E-state index is 5.96. The smallest absolute Gasteiger partial charge is 0.0755 e. The predicted octanol–water partition coefficient (Wildman–Crippen LogP) is 0.961. The lowest BCUT2D eigenvalue weighted by molar-refractivity contribution is 0.157. The van der Waals surface area contributed by atoms with Crippen molar-refractivity contribution in [3.05, 3.63) is 24.3 Å². The van der Waals surface area contributed by atoms with Gasteiger partial charge in [0, 0.05) is 31.2 Å². The predicted molar refractivity (Wildman–Crippen MR) is 59.2 cm³/mol. The van der Waals surface area contributed by atoms with Crippen molar-refractivity contribution < 1.29 is 0 Å². The van der Waals surface area contributed by atoms with Crippen molar-refractivity contribution >= 4 is 0 Å². The number of piperidine rings is 1. The fourth-order valence-corrected chi connectivity index (χ4v) is 2.11. The highest BCUT2D eigenvalue weighted by molar-refractivity contribution is 5.02. The van der Waals surface area contributed by atoms with Crippen LogP contribution < -0.4 is 5.73 Å². The number of hydrogen-bond donors (Lipinski definition) is 1. The normalized spacial score (nSPS) is 25.1. The molecule has 0 amide bonds. The van der Waals surface area contributed by atoms with Crippen molar-refractivity contribution in [2.45, 2.75) is 31.8 Å². The number of hydrogen-bond acceptors (Lipinski definition) is 4. The van der Waals surface area contributed by atoms with Gasteiger partial charge in [0.25, 0.3) is 0 Å². The minimum Gasteiger partial charge on any atom is -0.327 e. The lowest BCUT2D eigenvalue weighted by Crippen LogP contribution is -2.43. The molecule has 0 radical (unpaired) electrons. The molecule has 1 aromatic heterocycles. The summed E-state index contributed by atoms with van der Waals surface area (Å²) >= 11 is 0. The van der Waals surface area contributed by atoms with Gasteiger partial charge in [-0.1, -0.05) is 0 Å². The van der Waals surface area contributed by atoms with Gasteiger partial charge in [-0.25, -0.2) is 0 Å². The molecule has 0 aromatic carbocycles. The molecular formula is C11H18N4. The monoisotopic (exact) mass is 206 g/mol. The fourth-order valence-electron chi connectivity index (χ4n) is 2.11. The Morgan fingerprint density at radius 2 is 2.40 bits per heavy atom. The van der Waals surface area contributed by atoms with Gasteiger partial charge in [0.1, 0.15) is 0 Å². The lowest BCUT2D eigenvalue weighted by Gasteiger charge is -2.34. The summed E-state index contributed by atoms with van der Waals surface area (Å²) in [5, 5.41) is 0. The van der Waals surface area contributed by atoms with E-state index < -0.39 is 0 Å². The maximum Gasteiger partial charge on any atom is 0.0755 e. The SMILES string of the molecule is C[C@H](c1cnccn1)N1CCC[C@H](N)C1. The van der Waals surface area contributed by atoms with Gasteiger partial charge < -0.3 is 5.73 Å². The van der Waals surface area contributed by atoms with Crippen LogP contribution in [0.25, 0.3) is 0 Å². The Morgan fingerprint density at radius 3 is 3.07 bits per heavy atom. The van der Waals surface area contributed by atoms with Crippen molar-refractivity contribution in [1.82, 2.24) is 14.9 Å². The average molecular weight is 206 g/mol. The number of nitrogens with two attached hydrogens (primary N) is 1. The van der Waals surface area contributed by atoms with E-state index in [9.17, 15) is 0 Å². The summed E-state index contributed by atoms with van der Waals surface area (Å²) in [6.07, 6.45) is 7.62. The van der Waals surface area contributed by atoms with E-state index in [4.69, 9.17) is 5.73 Å². The number of rotatable bonds is 2. The second-order valence-electron chi connectivity index (χ2n) is 4.20. The van der Waals surface area contributed by atoms with E-state index >= 15 is 0 Å². The van der Waals surface area contributed by atoms with E-state index in [1.165, 1.54) is 6.42 Å². The highest BCUT2D eigenvalue weighted by atomic mass is 15.2. The summed E-state index contributed by atoms with van der Waals surface area (Å²) in [4.78, 5) is 10.8. The largest absolute Gasteiger partial charge is 0.327 e. The van der Waals surface area contributed by atoms with Crippen molar-refractivity contribution in [3.63, 3.8) is 0 Å². The summed E-state index contributed by atoms with van der Waals surface area (Å²) in [5.41, 5.74) is 7.00. The first-order valence-electron chi connectivity index (χ1n) is 5.53. The van der Waals surface area contributed by atoms with Gasteiger partial charge in [-0.3, -0.25) is 14.9 Å². The molecule has 2 N–H and O–H groups in total. The van der Waals surface area contributed by atoms with Crippen molar-refractivity contribution in [1.29, 1.82) is 0 Å². The van der Waals surface area contributed by atoms with Crippen LogP contribution in [-0.4, -0.2) is 34.0 Å². The molecule has 2 atom stereocenters. The fraction of sp³-hybridized carbons (Fsp3) is 0.636. The van der Waals surface area contributed by atoms with E-state index in [0.717, 1.165) is 25.2 Å². The van der Waals surface area contributed by atoms with Gasteiger partial charge in [0.05, 0.1) is 11.7 Å². The van der Waals surface area contributed by atoms with Crippen LogP contribution >= 0.6 is 0 Å². The van der Waals surface area contributed by atoms with Crippen LogP contribution in [0.2, 0.25) is 0 Å². The first-order valence-corrected chi connectivity index (χ1v) is 5.53. The third kappa shape index (κ3) is 2.52. The van der Waals surface area contributed by atoms with Crippen LogP contribution in [-0.2, 0) is 0 Å². The Balaban J connectivity index is 2.04. The second kappa shape index (κ2) is 4.68. The Kier molecular flexibility index (Phi) is 3.28. The summed E-state index contributed by atoms with van der Waals surface area (Å²) < 4.78 is 0. The Morgan fingerprint density at radius 1 is 1.53 bits per heavy atom. The van der Waals surface area contributed by atoms with Gasteiger partial charge in [-0.05, 0) is 26.3 Å². The molecule has 1 saturated heterocycles. The van der Waals surface area contributed by atoms with E-state index in [2.05, 4.69) is 21.8 Å². The zero-order valence-corrected chi connectivity index (χ0v) is 9.13. The first kappa shape index (κ1) is 10.5. The third-order valence-electron chi connectivity index (χ3n) is 3.05. The Labute approximate surface area is 90.5 Å². The molecule has 1 aliphatic heterocycles. The van der Waals surface area contributed by atoms with E-state index in [0.29, 0.717) is 12.1 Å². The van der Waals surface area contributed by atoms with Gasteiger partial charge in [-0.2, -0.15) is 0 Å². The molecular weight excluding hydrogens is 188 g/mol. The van der Waals surface area contributed by atoms with E-state index in [1.54, 1.807) is 12.4 Å². The second-order valence-corrected chi connectivity index (χ2v) is 4.20. The summed E-state index contributed by atoms with van der Waals surface area (Å²) in [5.74, 6) is 0. The van der Waals surface area contributed by atoms with Crippen LogP contribution in [0.3, 0.4) is 0 Å². The molecule has 2 heterocycles. The van der Waals surface area contributed by atoms with Crippen LogP contribution in [0.15, 0.2) is 18.6 Å². The van der Waals surface area contributed by atoms with Gasteiger partial charge >= 0.3 is 0 Å².